The Labute approximate surface area is 79.5 Å². The molecule has 0 aromatic carbocycles. The van der Waals surface area contributed by atoms with E-state index < -0.39 is 5.91 Å². The van der Waals surface area contributed by atoms with E-state index >= 15 is 0 Å². The number of rotatable bonds is 2. The quantitative estimate of drug-likeness (QED) is 0.627. The van der Waals surface area contributed by atoms with E-state index in [9.17, 15) is 4.79 Å². The molecule has 0 spiro atoms. The number of carbonyl (C=O) groups is 1. The molecule has 0 aliphatic heterocycles. The van der Waals surface area contributed by atoms with E-state index in [-0.39, 0.29) is 0 Å². The fourth-order valence-corrected chi connectivity index (χ4v) is 1.27. The molecule has 1 amide bonds. The van der Waals surface area contributed by atoms with E-state index in [2.05, 4.69) is 20.3 Å². The summed E-state index contributed by atoms with van der Waals surface area (Å²) in [5.74, 6) is 0.156. The Hall–Kier alpha value is -2.11. The van der Waals surface area contributed by atoms with Crippen LogP contribution in [0.4, 0.5) is 5.82 Å². The van der Waals surface area contributed by atoms with Crippen LogP contribution in [0.5, 0.6) is 0 Å². The second-order valence-electron chi connectivity index (χ2n) is 2.78. The summed E-state index contributed by atoms with van der Waals surface area (Å²) in [5, 5.41) is 3.65. The molecular formula is C8H9N5O. The Morgan fingerprint density at radius 3 is 3.00 bits per heavy atom. The SMILES string of the molecule is CNc1ncnc2[nH]c(C(N)=O)cc12. The molecule has 6 heteroatoms. The van der Waals surface area contributed by atoms with E-state index in [0.29, 0.717) is 17.2 Å². The summed E-state index contributed by atoms with van der Waals surface area (Å²) < 4.78 is 0. The number of hydrogen-bond donors (Lipinski definition) is 3. The van der Waals surface area contributed by atoms with Gasteiger partial charge in [0.15, 0.2) is 0 Å². The minimum Gasteiger partial charge on any atom is -0.372 e. The van der Waals surface area contributed by atoms with Crippen molar-refractivity contribution in [2.75, 3.05) is 12.4 Å². The number of fused-ring (bicyclic) bond motifs is 1. The third-order valence-electron chi connectivity index (χ3n) is 1.93. The lowest BCUT2D eigenvalue weighted by molar-refractivity contribution is 0.0996. The molecule has 2 rings (SSSR count). The second-order valence-corrected chi connectivity index (χ2v) is 2.78. The Morgan fingerprint density at radius 1 is 1.57 bits per heavy atom. The highest BCUT2D eigenvalue weighted by atomic mass is 16.1. The molecule has 0 bridgehead atoms. The first-order valence-corrected chi connectivity index (χ1v) is 4.03. The monoisotopic (exact) mass is 191 g/mol. The molecule has 0 aliphatic carbocycles. The first-order chi connectivity index (χ1) is 6.72. The molecule has 72 valence electrons. The minimum atomic E-state index is -0.509. The molecule has 0 radical (unpaired) electrons. The number of aromatic amines is 1. The summed E-state index contributed by atoms with van der Waals surface area (Å²) in [4.78, 5) is 21.7. The van der Waals surface area contributed by atoms with Crippen molar-refractivity contribution in [1.29, 1.82) is 0 Å². The van der Waals surface area contributed by atoms with E-state index in [1.54, 1.807) is 13.1 Å². The molecule has 2 aromatic heterocycles. The zero-order valence-electron chi connectivity index (χ0n) is 7.53. The number of aromatic nitrogens is 3. The molecule has 0 aliphatic rings. The van der Waals surface area contributed by atoms with Gasteiger partial charge in [-0.15, -0.1) is 0 Å². The van der Waals surface area contributed by atoms with Crippen LogP contribution >= 0.6 is 0 Å². The Bertz CT molecular complexity index is 489. The van der Waals surface area contributed by atoms with Crippen molar-refractivity contribution in [1.82, 2.24) is 15.0 Å². The summed E-state index contributed by atoms with van der Waals surface area (Å²) in [6, 6.07) is 1.63. The Balaban J connectivity index is 2.70. The van der Waals surface area contributed by atoms with Crippen molar-refractivity contribution < 1.29 is 4.79 Å². The number of anilines is 1. The number of nitrogens with zero attached hydrogens (tertiary/aromatic N) is 2. The van der Waals surface area contributed by atoms with Gasteiger partial charge in [-0.25, -0.2) is 9.97 Å². The molecule has 14 heavy (non-hydrogen) atoms. The molecule has 0 saturated carbocycles. The highest BCUT2D eigenvalue weighted by Crippen LogP contribution is 2.19. The van der Waals surface area contributed by atoms with Crippen molar-refractivity contribution in [3.8, 4) is 0 Å². The lowest BCUT2D eigenvalue weighted by Crippen LogP contribution is -2.10. The van der Waals surface area contributed by atoms with E-state index in [4.69, 9.17) is 5.73 Å². The smallest absolute Gasteiger partial charge is 0.265 e. The zero-order chi connectivity index (χ0) is 10.1. The maximum atomic E-state index is 10.9. The normalized spacial score (nSPS) is 10.4. The number of carbonyl (C=O) groups excluding carboxylic acids is 1. The summed E-state index contributed by atoms with van der Waals surface area (Å²) in [5.41, 5.74) is 6.06. The molecule has 4 N–H and O–H groups in total. The number of hydrogen-bond acceptors (Lipinski definition) is 4. The molecule has 0 unspecified atom stereocenters. The van der Waals surface area contributed by atoms with Crippen molar-refractivity contribution in [3.05, 3.63) is 18.1 Å². The van der Waals surface area contributed by atoms with Crippen LogP contribution in [0, 0.1) is 0 Å². The van der Waals surface area contributed by atoms with E-state index in [1.165, 1.54) is 6.33 Å². The van der Waals surface area contributed by atoms with Gasteiger partial charge >= 0.3 is 0 Å². The standard InChI is InChI=1S/C8H9N5O/c1-10-7-4-2-5(6(9)14)13-8(4)12-3-11-7/h2-3H,1H3,(H2,9,14)(H2,10,11,12,13). The van der Waals surface area contributed by atoms with Gasteiger partial charge in [0.05, 0.1) is 5.39 Å². The van der Waals surface area contributed by atoms with Gasteiger partial charge in [-0.1, -0.05) is 0 Å². The van der Waals surface area contributed by atoms with Gasteiger partial charge in [0, 0.05) is 7.05 Å². The molecule has 0 atom stereocenters. The number of nitrogens with one attached hydrogen (secondary N) is 2. The molecule has 2 aromatic rings. The number of primary amides is 1. The Kier molecular flexibility index (Phi) is 1.81. The van der Waals surface area contributed by atoms with Crippen LogP contribution in [0.1, 0.15) is 10.5 Å². The van der Waals surface area contributed by atoms with Gasteiger partial charge in [0.2, 0.25) is 0 Å². The summed E-state index contributed by atoms with van der Waals surface area (Å²) in [6.07, 6.45) is 1.41. The summed E-state index contributed by atoms with van der Waals surface area (Å²) in [7, 11) is 1.75. The molecule has 2 heterocycles. The average Bonchev–Trinajstić information content (AvgIpc) is 2.60. The van der Waals surface area contributed by atoms with Crippen LogP contribution in [-0.4, -0.2) is 27.9 Å². The third kappa shape index (κ3) is 1.17. The lowest BCUT2D eigenvalue weighted by Gasteiger charge is -1.97. The number of nitrogens with two attached hydrogens (primary N) is 1. The van der Waals surface area contributed by atoms with E-state index in [0.717, 1.165) is 5.39 Å². The van der Waals surface area contributed by atoms with Gasteiger partial charge in [0.1, 0.15) is 23.5 Å². The van der Waals surface area contributed by atoms with Gasteiger partial charge in [-0.3, -0.25) is 4.79 Å². The van der Waals surface area contributed by atoms with Crippen molar-refractivity contribution in [2.45, 2.75) is 0 Å². The van der Waals surface area contributed by atoms with Gasteiger partial charge < -0.3 is 16.0 Å². The van der Waals surface area contributed by atoms with Crippen LogP contribution in [0.2, 0.25) is 0 Å². The van der Waals surface area contributed by atoms with Crippen molar-refractivity contribution >= 4 is 22.8 Å². The Morgan fingerprint density at radius 2 is 2.36 bits per heavy atom. The van der Waals surface area contributed by atoms with E-state index in [1.807, 2.05) is 0 Å². The molecule has 6 nitrogen and oxygen atoms in total. The molecular weight excluding hydrogens is 182 g/mol. The second kappa shape index (κ2) is 2.99. The maximum absolute atomic E-state index is 10.9. The highest BCUT2D eigenvalue weighted by Gasteiger charge is 2.09. The third-order valence-corrected chi connectivity index (χ3v) is 1.93. The predicted octanol–water partition coefficient (Wildman–Crippen LogP) is 0.0985. The lowest BCUT2D eigenvalue weighted by atomic mass is 10.3. The topological polar surface area (TPSA) is 96.7 Å². The number of H-pyrrole nitrogens is 1. The average molecular weight is 191 g/mol. The fraction of sp³-hybridized carbons (Fsp3) is 0.125. The predicted molar refractivity (Wildman–Crippen MR) is 52.0 cm³/mol. The summed E-state index contributed by atoms with van der Waals surface area (Å²) in [6.45, 7) is 0. The van der Waals surface area contributed by atoms with Crippen LogP contribution < -0.4 is 11.1 Å². The van der Waals surface area contributed by atoms with Crippen molar-refractivity contribution in [3.63, 3.8) is 0 Å². The van der Waals surface area contributed by atoms with Gasteiger partial charge in [-0.2, -0.15) is 0 Å². The minimum absolute atomic E-state index is 0.331. The van der Waals surface area contributed by atoms with Crippen LogP contribution in [0.3, 0.4) is 0 Å². The highest BCUT2D eigenvalue weighted by molar-refractivity contribution is 5.98. The van der Waals surface area contributed by atoms with Crippen LogP contribution in [0.25, 0.3) is 11.0 Å². The van der Waals surface area contributed by atoms with Crippen LogP contribution in [0.15, 0.2) is 12.4 Å². The number of amides is 1. The fourth-order valence-electron chi connectivity index (χ4n) is 1.27. The zero-order valence-corrected chi connectivity index (χ0v) is 7.53. The van der Waals surface area contributed by atoms with Gasteiger partial charge in [-0.05, 0) is 6.07 Å². The first-order valence-electron chi connectivity index (χ1n) is 4.03. The first kappa shape index (κ1) is 8.49. The van der Waals surface area contributed by atoms with Gasteiger partial charge in [0.25, 0.3) is 5.91 Å². The maximum Gasteiger partial charge on any atom is 0.265 e. The van der Waals surface area contributed by atoms with Crippen LogP contribution in [-0.2, 0) is 0 Å². The summed E-state index contributed by atoms with van der Waals surface area (Å²) >= 11 is 0. The van der Waals surface area contributed by atoms with Crippen molar-refractivity contribution in [2.24, 2.45) is 5.73 Å². The molecule has 0 saturated heterocycles. The largest absolute Gasteiger partial charge is 0.372 e. The molecule has 0 fully saturated rings.